The van der Waals surface area contributed by atoms with Crippen LogP contribution >= 0.6 is 23.2 Å². The minimum absolute atomic E-state index is 0.264. The number of hydrogen-bond acceptors (Lipinski definition) is 1. The maximum Gasteiger partial charge on any atom is 0.251 e. The Morgan fingerprint density at radius 2 is 1.95 bits per heavy atom. The van der Waals surface area contributed by atoms with Crippen molar-refractivity contribution in [3.8, 4) is 0 Å². The summed E-state index contributed by atoms with van der Waals surface area (Å²) in [6.07, 6.45) is 0. The molecule has 1 amide bonds. The Bertz CT molecular complexity index is 646. The highest BCUT2D eigenvalue weighted by Gasteiger charge is 2.14. The van der Waals surface area contributed by atoms with E-state index < -0.39 is 5.82 Å². The molecule has 20 heavy (non-hydrogen) atoms. The summed E-state index contributed by atoms with van der Waals surface area (Å²) >= 11 is 11.8. The molecule has 0 heterocycles. The molecule has 2 rings (SSSR count). The first-order chi connectivity index (χ1) is 9.47. The summed E-state index contributed by atoms with van der Waals surface area (Å²) in [5, 5.41) is 3.57. The second-order valence-electron chi connectivity index (χ2n) is 4.37. The molecule has 0 radical (unpaired) electrons. The molecule has 1 N–H and O–H groups in total. The van der Waals surface area contributed by atoms with Crippen LogP contribution in [0.25, 0.3) is 0 Å². The van der Waals surface area contributed by atoms with Crippen LogP contribution in [0.3, 0.4) is 0 Å². The Morgan fingerprint density at radius 1 is 1.20 bits per heavy atom. The summed E-state index contributed by atoms with van der Waals surface area (Å²) in [5.74, 6) is -0.674. The van der Waals surface area contributed by atoms with Crippen LogP contribution in [0.5, 0.6) is 0 Å². The van der Waals surface area contributed by atoms with Gasteiger partial charge in [0.25, 0.3) is 5.91 Å². The molecular formula is C15H12Cl2FNO. The fraction of sp³-hybridized carbons (Fsp3) is 0.133. The van der Waals surface area contributed by atoms with Crippen LogP contribution in [0.2, 0.25) is 10.0 Å². The quantitative estimate of drug-likeness (QED) is 0.880. The number of amides is 1. The summed E-state index contributed by atoms with van der Waals surface area (Å²) in [6, 6.07) is 10.4. The van der Waals surface area contributed by atoms with Gasteiger partial charge in [0.2, 0.25) is 0 Å². The van der Waals surface area contributed by atoms with Crippen molar-refractivity contribution in [2.24, 2.45) is 0 Å². The zero-order valence-electron chi connectivity index (χ0n) is 10.7. The lowest BCUT2D eigenvalue weighted by atomic mass is 10.1. The van der Waals surface area contributed by atoms with E-state index in [9.17, 15) is 9.18 Å². The van der Waals surface area contributed by atoms with Gasteiger partial charge < -0.3 is 5.32 Å². The summed E-state index contributed by atoms with van der Waals surface area (Å²) in [7, 11) is 0. The van der Waals surface area contributed by atoms with E-state index >= 15 is 0 Å². The molecule has 0 saturated heterocycles. The normalized spacial score (nSPS) is 12.0. The number of halogens is 3. The van der Waals surface area contributed by atoms with Crippen LogP contribution < -0.4 is 5.32 Å². The molecule has 0 spiro atoms. The van der Waals surface area contributed by atoms with Crippen molar-refractivity contribution in [3.63, 3.8) is 0 Å². The third-order valence-electron chi connectivity index (χ3n) is 2.86. The van der Waals surface area contributed by atoms with Gasteiger partial charge in [-0.05, 0) is 42.8 Å². The highest BCUT2D eigenvalue weighted by molar-refractivity contribution is 6.31. The third-order valence-corrected chi connectivity index (χ3v) is 3.43. The van der Waals surface area contributed by atoms with Crippen molar-refractivity contribution in [1.82, 2.24) is 5.32 Å². The smallest absolute Gasteiger partial charge is 0.251 e. The molecule has 2 aromatic carbocycles. The number of carbonyl (C=O) groups excluding carboxylic acids is 1. The fourth-order valence-electron chi connectivity index (χ4n) is 1.84. The van der Waals surface area contributed by atoms with Gasteiger partial charge in [0.15, 0.2) is 0 Å². The van der Waals surface area contributed by atoms with Crippen molar-refractivity contribution in [3.05, 3.63) is 69.5 Å². The minimum Gasteiger partial charge on any atom is -0.345 e. The van der Waals surface area contributed by atoms with Crippen molar-refractivity contribution >= 4 is 29.1 Å². The van der Waals surface area contributed by atoms with E-state index in [-0.39, 0.29) is 17.0 Å². The molecular weight excluding hydrogens is 300 g/mol. The second kappa shape index (κ2) is 6.25. The Kier molecular flexibility index (Phi) is 4.63. The first-order valence-electron chi connectivity index (χ1n) is 5.99. The summed E-state index contributed by atoms with van der Waals surface area (Å²) in [4.78, 5) is 12.1. The van der Waals surface area contributed by atoms with Crippen LogP contribution in [0.1, 0.15) is 28.9 Å². The van der Waals surface area contributed by atoms with Gasteiger partial charge >= 0.3 is 0 Å². The Balaban J connectivity index is 2.15. The van der Waals surface area contributed by atoms with Gasteiger partial charge in [-0.25, -0.2) is 4.39 Å². The maximum atomic E-state index is 13.0. The van der Waals surface area contributed by atoms with E-state index in [1.165, 1.54) is 12.1 Å². The summed E-state index contributed by atoms with van der Waals surface area (Å²) in [6.45, 7) is 1.78. The van der Waals surface area contributed by atoms with E-state index in [0.717, 1.165) is 0 Å². The van der Waals surface area contributed by atoms with Gasteiger partial charge in [-0.15, -0.1) is 0 Å². The van der Waals surface area contributed by atoms with Gasteiger partial charge in [-0.2, -0.15) is 0 Å². The van der Waals surface area contributed by atoms with Gasteiger partial charge in [-0.3, -0.25) is 4.79 Å². The van der Waals surface area contributed by atoms with Gasteiger partial charge in [0, 0.05) is 15.6 Å². The standard InChI is InChI=1S/C15H12Cl2FNO/c1-9(13-6-5-12(18)8-14(13)17)19-15(20)10-3-2-4-11(16)7-10/h2-9H,1H3,(H,19,20). The van der Waals surface area contributed by atoms with Crippen LogP contribution in [0.15, 0.2) is 42.5 Å². The molecule has 0 aliphatic heterocycles. The van der Waals surface area contributed by atoms with E-state index in [1.807, 2.05) is 0 Å². The Morgan fingerprint density at radius 3 is 2.60 bits per heavy atom. The predicted octanol–water partition coefficient (Wildman–Crippen LogP) is 4.62. The molecule has 0 aliphatic carbocycles. The highest BCUT2D eigenvalue weighted by Crippen LogP contribution is 2.24. The summed E-state index contributed by atoms with van der Waals surface area (Å²) < 4.78 is 13.0. The molecule has 0 saturated carbocycles. The molecule has 0 fully saturated rings. The van der Waals surface area contributed by atoms with Crippen molar-refractivity contribution in [1.29, 1.82) is 0 Å². The first-order valence-corrected chi connectivity index (χ1v) is 6.74. The van der Waals surface area contributed by atoms with Crippen LogP contribution in [-0.4, -0.2) is 5.91 Å². The monoisotopic (exact) mass is 311 g/mol. The lowest BCUT2D eigenvalue weighted by Gasteiger charge is -2.16. The van der Waals surface area contributed by atoms with Crippen LogP contribution in [0, 0.1) is 5.82 Å². The largest absolute Gasteiger partial charge is 0.345 e. The fourth-order valence-corrected chi connectivity index (χ4v) is 2.36. The number of rotatable bonds is 3. The first kappa shape index (κ1) is 14.8. The molecule has 104 valence electrons. The lowest BCUT2D eigenvalue weighted by molar-refractivity contribution is 0.0940. The molecule has 2 nitrogen and oxygen atoms in total. The lowest BCUT2D eigenvalue weighted by Crippen LogP contribution is -2.26. The van der Waals surface area contributed by atoms with Crippen molar-refractivity contribution < 1.29 is 9.18 Å². The topological polar surface area (TPSA) is 29.1 Å². The predicted molar refractivity (Wildman–Crippen MR) is 78.7 cm³/mol. The number of nitrogens with one attached hydrogen (secondary N) is 1. The molecule has 5 heteroatoms. The highest BCUT2D eigenvalue weighted by atomic mass is 35.5. The SMILES string of the molecule is CC(NC(=O)c1cccc(Cl)c1)c1ccc(F)cc1Cl. The number of hydrogen-bond donors (Lipinski definition) is 1. The zero-order valence-corrected chi connectivity index (χ0v) is 12.2. The molecule has 1 unspecified atom stereocenters. The summed E-state index contributed by atoms with van der Waals surface area (Å²) in [5.41, 5.74) is 1.12. The third kappa shape index (κ3) is 3.50. The number of benzene rings is 2. The van der Waals surface area contributed by atoms with Crippen molar-refractivity contribution in [2.45, 2.75) is 13.0 Å². The minimum atomic E-state index is -0.410. The molecule has 2 aromatic rings. The molecule has 0 aromatic heterocycles. The zero-order chi connectivity index (χ0) is 14.7. The maximum absolute atomic E-state index is 13.0. The van der Waals surface area contributed by atoms with E-state index in [1.54, 1.807) is 37.3 Å². The second-order valence-corrected chi connectivity index (χ2v) is 5.21. The molecule has 0 bridgehead atoms. The van der Waals surface area contributed by atoms with E-state index in [2.05, 4.69) is 5.32 Å². The number of carbonyl (C=O) groups is 1. The Hall–Kier alpha value is -1.58. The van der Waals surface area contributed by atoms with Gasteiger partial charge in [0.1, 0.15) is 5.82 Å². The van der Waals surface area contributed by atoms with Crippen LogP contribution in [-0.2, 0) is 0 Å². The van der Waals surface area contributed by atoms with Gasteiger partial charge in [0.05, 0.1) is 6.04 Å². The van der Waals surface area contributed by atoms with E-state index in [0.29, 0.717) is 16.1 Å². The molecule has 1 atom stereocenters. The van der Waals surface area contributed by atoms with Gasteiger partial charge in [-0.1, -0.05) is 35.3 Å². The molecule has 0 aliphatic rings. The van der Waals surface area contributed by atoms with Crippen molar-refractivity contribution in [2.75, 3.05) is 0 Å². The average molecular weight is 312 g/mol. The van der Waals surface area contributed by atoms with E-state index in [4.69, 9.17) is 23.2 Å². The Labute approximate surface area is 126 Å². The van der Waals surface area contributed by atoms with Crippen LogP contribution in [0.4, 0.5) is 4.39 Å². The average Bonchev–Trinajstić information content (AvgIpc) is 2.38.